The lowest BCUT2D eigenvalue weighted by atomic mass is 10.1. The number of carbonyl (C=O) groups is 1. The number of aryl methyl sites for hydroxylation is 2. The largest absolute Gasteiger partial charge is 0.368 e. The van der Waals surface area contributed by atoms with Crippen molar-refractivity contribution < 1.29 is 4.79 Å². The molecule has 98 valence electrons. The second-order valence-corrected chi connectivity index (χ2v) is 6.05. The monoisotopic (exact) mass is 264 g/mol. The fraction of sp³-hybridized carbons (Fsp3) is 0.500. The van der Waals surface area contributed by atoms with Gasteiger partial charge in [-0.3, -0.25) is 4.79 Å². The van der Waals surface area contributed by atoms with Crippen LogP contribution in [-0.2, 0) is 4.79 Å². The van der Waals surface area contributed by atoms with Crippen LogP contribution >= 0.6 is 11.8 Å². The van der Waals surface area contributed by atoms with Crippen molar-refractivity contribution in [1.29, 1.82) is 0 Å². The number of amides is 1. The number of hydrogen-bond acceptors (Lipinski definition) is 3. The Hall–Kier alpha value is -1.00. The Morgan fingerprint density at radius 2 is 2.17 bits per heavy atom. The highest BCUT2D eigenvalue weighted by Crippen LogP contribution is 2.24. The predicted octanol–water partition coefficient (Wildman–Crippen LogP) is 2.00. The van der Waals surface area contributed by atoms with Crippen LogP contribution in [0.15, 0.2) is 23.1 Å². The van der Waals surface area contributed by atoms with Crippen LogP contribution in [0.4, 0.5) is 0 Å². The lowest BCUT2D eigenvalue weighted by Gasteiger charge is -2.14. The molecule has 3 N–H and O–H groups in total. The van der Waals surface area contributed by atoms with Crippen LogP contribution in [-0.4, -0.2) is 23.7 Å². The second-order valence-electron chi connectivity index (χ2n) is 4.95. The molecule has 1 aromatic rings. The van der Waals surface area contributed by atoms with Crippen LogP contribution in [0.5, 0.6) is 0 Å². The molecule has 3 nitrogen and oxygen atoms in total. The molecular weight excluding hydrogens is 244 g/mol. The van der Waals surface area contributed by atoms with Gasteiger partial charge in [-0.25, -0.2) is 0 Å². The zero-order valence-electron chi connectivity index (χ0n) is 10.9. The highest BCUT2D eigenvalue weighted by molar-refractivity contribution is 7.99. The van der Waals surface area contributed by atoms with E-state index in [9.17, 15) is 4.79 Å². The van der Waals surface area contributed by atoms with Gasteiger partial charge in [-0.1, -0.05) is 6.07 Å². The zero-order valence-corrected chi connectivity index (χ0v) is 11.7. The number of thioether (sulfide) groups is 1. The topological polar surface area (TPSA) is 55.1 Å². The molecule has 1 saturated carbocycles. The quantitative estimate of drug-likeness (QED) is 0.773. The summed E-state index contributed by atoms with van der Waals surface area (Å²) in [6.07, 6.45) is 2.33. The molecule has 0 aromatic heterocycles. The Balaban J connectivity index is 1.91. The minimum absolute atomic E-state index is 0.218. The number of benzene rings is 1. The molecule has 1 fully saturated rings. The van der Waals surface area contributed by atoms with Crippen LogP contribution < -0.4 is 11.1 Å². The van der Waals surface area contributed by atoms with Crippen LogP contribution in [0, 0.1) is 13.8 Å². The molecule has 1 aliphatic carbocycles. The maximum Gasteiger partial charge on any atom is 0.235 e. The summed E-state index contributed by atoms with van der Waals surface area (Å²) >= 11 is 1.69. The van der Waals surface area contributed by atoms with Crippen LogP contribution in [0.3, 0.4) is 0 Å². The van der Waals surface area contributed by atoms with Crippen molar-refractivity contribution in [1.82, 2.24) is 5.32 Å². The predicted molar refractivity (Wildman–Crippen MR) is 75.8 cm³/mol. The van der Waals surface area contributed by atoms with E-state index in [2.05, 4.69) is 37.4 Å². The summed E-state index contributed by atoms with van der Waals surface area (Å²) in [5.41, 5.74) is 7.99. The van der Waals surface area contributed by atoms with Crippen molar-refractivity contribution in [3.63, 3.8) is 0 Å². The molecule has 0 heterocycles. The SMILES string of the molecule is Cc1ccc(SCC(NC2CC2)C(N)=O)cc1C. The molecule has 0 spiro atoms. The normalized spacial score (nSPS) is 16.6. The van der Waals surface area contributed by atoms with Gasteiger partial charge in [-0.15, -0.1) is 11.8 Å². The Kier molecular flexibility index (Phi) is 4.30. The van der Waals surface area contributed by atoms with Gasteiger partial charge in [0.05, 0.1) is 6.04 Å². The Labute approximate surface area is 113 Å². The third kappa shape index (κ3) is 3.75. The van der Waals surface area contributed by atoms with E-state index >= 15 is 0 Å². The molecule has 4 heteroatoms. The smallest absolute Gasteiger partial charge is 0.235 e. The van der Waals surface area contributed by atoms with Gasteiger partial charge in [0.2, 0.25) is 5.91 Å². The highest BCUT2D eigenvalue weighted by Gasteiger charge is 2.27. The van der Waals surface area contributed by atoms with E-state index in [4.69, 9.17) is 5.73 Å². The minimum atomic E-state index is -0.252. The van der Waals surface area contributed by atoms with E-state index in [1.807, 2.05) is 0 Å². The Morgan fingerprint density at radius 3 is 2.72 bits per heavy atom. The summed E-state index contributed by atoms with van der Waals surface area (Å²) in [7, 11) is 0. The summed E-state index contributed by atoms with van der Waals surface area (Å²) < 4.78 is 0. The van der Waals surface area contributed by atoms with Gasteiger partial charge in [0.25, 0.3) is 0 Å². The maximum atomic E-state index is 11.4. The van der Waals surface area contributed by atoms with Gasteiger partial charge in [-0.05, 0) is 49.9 Å². The van der Waals surface area contributed by atoms with E-state index in [0.29, 0.717) is 11.8 Å². The average molecular weight is 264 g/mol. The van der Waals surface area contributed by atoms with Crippen LogP contribution in [0.25, 0.3) is 0 Å². The van der Waals surface area contributed by atoms with Gasteiger partial charge in [-0.2, -0.15) is 0 Å². The summed E-state index contributed by atoms with van der Waals surface area (Å²) in [6, 6.07) is 6.66. The third-order valence-electron chi connectivity index (χ3n) is 3.25. The molecule has 2 rings (SSSR count). The molecule has 1 aromatic carbocycles. The van der Waals surface area contributed by atoms with E-state index in [-0.39, 0.29) is 11.9 Å². The number of carbonyl (C=O) groups excluding carboxylic acids is 1. The van der Waals surface area contributed by atoms with Crippen molar-refractivity contribution in [2.75, 3.05) is 5.75 Å². The first-order chi connectivity index (χ1) is 8.56. The first kappa shape index (κ1) is 13.4. The second kappa shape index (κ2) is 5.76. The molecule has 1 atom stereocenters. The van der Waals surface area contributed by atoms with Gasteiger partial charge in [0.15, 0.2) is 0 Å². The Bertz CT molecular complexity index is 443. The van der Waals surface area contributed by atoms with Gasteiger partial charge in [0.1, 0.15) is 0 Å². The fourth-order valence-corrected chi connectivity index (χ4v) is 2.77. The van der Waals surface area contributed by atoms with E-state index < -0.39 is 0 Å². The fourth-order valence-electron chi connectivity index (χ4n) is 1.73. The molecule has 0 aliphatic heterocycles. The Morgan fingerprint density at radius 1 is 1.44 bits per heavy atom. The van der Waals surface area contributed by atoms with Crippen LogP contribution in [0.2, 0.25) is 0 Å². The number of primary amides is 1. The molecule has 18 heavy (non-hydrogen) atoms. The number of hydrogen-bond donors (Lipinski definition) is 2. The van der Waals surface area contributed by atoms with Gasteiger partial charge < -0.3 is 11.1 Å². The summed E-state index contributed by atoms with van der Waals surface area (Å²) in [5, 5.41) is 3.29. The average Bonchev–Trinajstić information content (AvgIpc) is 3.12. The first-order valence-electron chi connectivity index (χ1n) is 6.31. The highest BCUT2D eigenvalue weighted by atomic mass is 32.2. The lowest BCUT2D eigenvalue weighted by Crippen LogP contribution is -2.44. The first-order valence-corrected chi connectivity index (χ1v) is 7.30. The number of rotatable bonds is 6. The standard InChI is InChI=1S/C14H20N2OS/c1-9-3-6-12(7-10(9)2)18-8-13(14(15)17)16-11-4-5-11/h3,6-7,11,13,16H,4-5,8H2,1-2H3,(H2,15,17). The summed E-state index contributed by atoms with van der Waals surface area (Å²) in [6.45, 7) is 4.21. The molecule has 1 aliphatic rings. The molecule has 1 unspecified atom stereocenters. The maximum absolute atomic E-state index is 11.4. The van der Waals surface area contributed by atoms with E-state index in [0.717, 1.165) is 12.8 Å². The van der Waals surface area contributed by atoms with E-state index in [1.54, 1.807) is 11.8 Å². The van der Waals surface area contributed by atoms with Gasteiger partial charge in [0, 0.05) is 16.7 Å². The van der Waals surface area contributed by atoms with Crippen molar-refractivity contribution in [2.45, 2.75) is 43.7 Å². The van der Waals surface area contributed by atoms with E-state index in [1.165, 1.54) is 16.0 Å². The van der Waals surface area contributed by atoms with Crippen molar-refractivity contribution in [3.05, 3.63) is 29.3 Å². The third-order valence-corrected chi connectivity index (χ3v) is 4.34. The van der Waals surface area contributed by atoms with Crippen LogP contribution in [0.1, 0.15) is 24.0 Å². The van der Waals surface area contributed by atoms with Crippen molar-refractivity contribution >= 4 is 17.7 Å². The minimum Gasteiger partial charge on any atom is -0.368 e. The molecule has 0 radical (unpaired) electrons. The summed E-state index contributed by atoms with van der Waals surface area (Å²) in [5.74, 6) is 0.451. The number of nitrogens with two attached hydrogens (primary N) is 1. The molecular formula is C14H20N2OS. The number of nitrogens with one attached hydrogen (secondary N) is 1. The summed E-state index contributed by atoms with van der Waals surface area (Å²) in [4.78, 5) is 12.5. The molecule has 1 amide bonds. The zero-order chi connectivity index (χ0) is 13.1. The molecule has 0 bridgehead atoms. The molecule has 0 saturated heterocycles. The van der Waals surface area contributed by atoms with Crippen molar-refractivity contribution in [3.8, 4) is 0 Å². The lowest BCUT2D eigenvalue weighted by molar-refractivity contribution is -0.119. The van der Waals surface area contributed by atoms with Gasteiger partial charge >= 0.3 is 0 Å². The van der Waals surface area contributed by atoms with Crippen molar-refractivity contribution in [2.24, 2.45) is 5.73 Å².